The molecule has 0 radical (unpaired) electrons. The Balaban J connectivity index is 1.58. The number of rotatable bonds is 56. The minimum absolute atomic E-state index is 0.247. The van der Waals surface area contributed by atoms with E-state index in [2.05, 4.69) is 79.9 Å². The molecule has 2 fully saturated rings. The first-order valence-corrected chi connectivity index (χ1v) is 34.7. The number of hydrogen-bond donors (Lipinski definition) is 9. The summed E-state index contributed by atoms with van der Waals surface area (Å²) >= 11 is 0. The molecule has 14 nitrogen and oxygen atoms in total. The summed E-state index contributed by atoms with van der Waals surface area (Å²) < 4.78 is 22.8. The van der Waals surface area contributed by atoms with Gasteiger partial charge in [0.2, 0.25) is 5.91 Å². The lowest BCUT2D eigenvalue weighted by Crippen LogP contribution is -2.65. The number of carbonyl (C=O) groups is 1. The fourth-order valence-corrected chi connectivity index (χ4v) is 11.1. The second kappa shape index (κ2) is 55.5. The van der Waals surface area contributed by atoms with Crippen molar-refractivity contribution in [3.63, 3.8) is 0 Å². The average molecular weight is 1200 g/mol. The summed E-state index contributed by atoms with van der Waals surface area (Å²) in [6.45, 7) is 2.67. The predicted octanol–water partition coefficient (Wildman–Crippen LogP) is 13.8. The van der Waals surface area contributed by atoms with Crippen LogP contribution in [0.3, 0.4) is 0 Å². The molecule has 2 heterocycles. The van der Waals surface area contributed by atoms with Crippen molar-refractivity contribution in [2.75, 3.05) is 19.8 Å². The van der Waals surface area contributed by atoms with Gasteiger partial charge in [0.25, 0.3) is 0 Å². The number of ether oxygens (including phenoxy) is 4. The number of aliphatic hydroxyl groups excluding tert-OH is 8. The first kappa shape index (κ1) is 78.5. The summed E-state index contributed by atoms with van der Waals surface area (Å²) in [6, 6.07) is -0.931. The monoisotopic (exact) mass is 1200 g/mol. The van der Waals surface area contributed by atoms with Gasteiger partial charge in [0.1, 0.15) is 48.8 Å². The number of amides is 1. The van der Waals surface area contributed by atoms with Crippen molar-refractivity contribution in [2.45, 2.75) is 351 Å². The average Bonchev–Trinajstić information content (AvgIpc) is 3.65. The molecule has 0 bridgehead atoms. The van der Waals surface area contributed by atoms with Gasteiger partial charge in [0.15, 0.2) is 12.6 Å². The van der Waals surface area contributed by atoms with Gasteiger partial charge in [-0.05, 0) is 70.6 Å². The Labute approximate surface area is 517 Å². The highest BCUT2D eigenvalue weighted by Crippen LogP contribution is 2.30. The van der Waals surface area contributed by atoms with Crippen molar-refractivity contribution in [2.24, 2.45) is 0 Å². The van der Waals surface area contributed by atoms with E-state index in [1.165, 1.54) is 186 Å². The molecule has 2 aliphatic rings. The Kier molecular flexibility index (Phi) is 51.3. The molecule has 2 aliphatic heterocycles. The number of unbranched alkanes of at least 4 members (excludes halogenated alkanes) is 33. The minimum atomic E-state index is -1.79. The van der Waals surface area contributed by atoms with E-state index in [-0.39, 0.29) is 18.9 Å². The molecule has 2 rings (SSSR count). The fraction of sp³-hybridized carbons (Fsp3) is 0.817. The Bertz CT molecular complexity index is 1700. The number of allylic oxidation sites excluding steroid dienone is 11. The first-order chi connectivity index (χ1) is 41.6. The van der Waals surface area contributed by atoms with Crippen LogP contribution < -0.4 is 5.32 Å². The molecule has 0 aromatic heterocycles. The van der Waals surface area contributed by atoms with E-state index in [9.17, 15) is 45.6 Å². The molecular weight excluding hydrogens is 1070 g/mol. The van der Waals surface area contributed by atoms with Gasteiger partial charge >= 0.3 is 0 Å². The summed E-state index contributed by atoms with van der Waals surface area (Å²) in [5.41, 5.74) is 0. The SMILES string of the molecule is CC/C=C\C/C=C\C/C=C\C/C=C\CCCCCCCCCCCCCCCCCCCCCCCCCCC(=O)NC(COC1OC(CO)C(OC2OC(CO)C(O)C(O)C2O)C(O)C1O)C(O)/C=C/CC/C=C/CCCCCCCCCC. The summed E-state index contributed by atoms with van der Waals surface area (Å²) in [5.74, 6) is -0.247. The zero-order valence-electron chi connectivity index (χ0n) is 53.6. The lowest BCUT2D eigenvalue weighted by molar-refractivity contribution is -0.359. The number of nitrogens with one attached hydrogen (secondary N) is 1. The van der Waals surface area contributed by atoms with E-state index in [0.717, 1.165) is 57.8 Å². The summed E-state index contributed by atoms with van der Waals surface area (Å²) in [4.78, 5) is 13.3. The third kappa shape index (κ3) is 39.9. The maximum Gasteiger partial charge on any atom is 0.220 e. The van der Waals surface area contributed by atoms with E-state index < -0.39 is 86.8 Å². The molecule has 0 aromatic rings. The van der Waals surface area contributed by atoms with E-state index in [1.54, 1.807) is 6.08 Å². The smallest absolute Gasteiger partial charge is 0.220 e. The van der Waals surface area contributed by atoms with Gasteiger partial charge in [-0.2, -0.15) is 0 Å². The molecule has 12 atom stereocenters. The van der Waals surface area contributed by atoms with Crippen LogP contribution in [0.15, 0.2) is 72.9 Å². The molecule has 12 unspecified atom stereocenters. The summed E-state index contributed by atoms with van der Waals surface area (Å²) in [5, 5.41) is 87.2. The second-order valence-corrected chi connectivity index (χ2v) is 24.3. The Hall–Kier alpha value is -2.57. The quantitative estimate of drug-likeness (QED) is 0.0204. The standard InChI is InChI=1S/C71H127NO13/c1-3-5-7-9-11-13-15-17-19-20-21-22-23-24-25-26-27-28-29-30-31-32-33-34-35-36-37-38-39-40-41-43-45-47-49-51-53-55-63(76)72-59(60(75)54-52-50-48-46-44-42-18-16-14-12-10-8-6-4-2)58-82-70-68(81)66(79)69(62(57-74)84-70)85-71-67(80)65(78)64(77)61(56-73)83-71/h5,7,11,13,17,19,21-22,44,46,52,54,59-62,64-71,73-75,77-81H,3-4,6,8-10,12,14-16,18,20,23-43,45,47-51,53,55-58H2,1-2H3,(H,72,76)/b7-5-,13-11-,19-17-,22-21-,46-44+,54-52+. The van der Waals surface area contributed by atoms with Gasteiger partial charge in [-0.15, -0.1) is 0 Å². The first-order valence-electron chi connectivity index (χ1n) is 34.7. The Morgan fingerprint density at radius 1 is 0.435 bits per heavy atom. The van der Waals surface area contributed by atoms with Crippen molar-refractivity contribution in [3.8, 4) is 0 Å². The zero-order valence-corrected chi connectivity index (χ0v) is 53.6. The highest BCUT2D eigenvalue weighted by atomic mass is 16.7. The van der Waals surface area contributed by atoms with Crippen LogP contribution in [0.25, 0.3) is 0 Å². The maximum absolute atomic E-state index is 13.3. The largest absolute Gasteiger partial charge is 0.394 e. The molecule has 0 spiro atoms. The molecule has 1 amide bonds. The van der Waals surface area contributed by atoms with Crippen molar-refractivity contribution in [1.82, 2.24) is 5.32 Å². The molecular formula is C71H127NO13. The van der Waals surface area contributed by atoms with Crippen LogP contribution >= 0.6 is 0 Å². The van der Waals surface area contributed by atoms with Crippen LogP contribution in [0.4, 0.5) is 0 Å². The van der Waals surface area contributed by atoms with E-state index >= 15 is 0 Å². The summed E-state index contributed by atoms with van der Waals surface area (Å²) in [6.07, 6.45) is 58.4. The van der Waals surface area contributed by atoms with Crippen LogP contribution in [-0.2, 0) is 23.7 Å². The van der Waals surface area contributed by atoms with Crippen molar-refractivity contribution in [1.29, 1.82) is 0 Å². The van der Waals surface area contributed by atoms with Crippen LogP contribution in [0.5, 0.6) is 0 Å². The maximum atomic E-state index is 13.3. The van der Waals surface area contributed by atoms with Gasteiger partial charge < -0.3 is 65.1 Å². The lowest BCUT2D eigenvalue weighted by atomic mass is 9.97. The van der Waals surface area contributed by atoms with Crippen molar-refractivity contribution < 1.29 is 64.6 Å². The van der Waals surface area contributed by atoms with E-state index in [0.29, 0.717) is 12.8 Å². The minimum Gasteiger partial charge on any atom is -0.394 e. The Morgan fingerprint density at radius 3 is 1.29 bits per heavy atom. The number of aliphatic hydroxyl groups is 8. The molecule has 0 saturated carbocycles. The van der Waals surface area contributed by atoms with Crippen LogP contribution in [0, 0.1) is 0 Å². The normalized spacial score (nSPS) is 24.0. The topological polar surface area (TPSA) is 228 Å². The lowest BCUT2D eigenvalue weighted by Gasteiger charge is -2.46. The van der Waals surface area contributed by atoms with E-state index in [1.807, 2.05) is 6.08 Å². The number of carbonyl (C=O) groups excluding carboxylic acids is 1. The molecule has 9 N–H and O–H groups in total. The predicted molar refractivity (Wildman–Crippen MR) is 346 cm³/mol. The van der Waals surface area contributed by atoms with Gasteiger partial charge in [-0.3, -0.25) is 4.79 Å². The molecule has 14 heteroatoms. The number of hydrogen-bond acceptors (Lipinski definition) is 13. The molecule has 2 saturated heterocycles. The van der Waals surface area contributed by atoms with Crippen LogP contribution in [-0.4, -0.2) is 140 Å². The molecule has 0 aromatic carbocycles. The van der Waals surface area contributed by atoms with Crippen molar-refractivity contribution >= 4 is 5.91 Å². The van der Waals surface area contributed by atoms with Gasteiger partial charge in [0, 0.05) is 6.42 Å². The van der Waals surface area contributed by atoms with Gasteiger partial charge in [0.05, 0.1) is 32.0 Å². The summed E-state index contributed by atoms with van der Waals surface area (Å²) in [7, 11) is 0. The fourth-order valence-electron chi connectivity index (χ4n) is 11.1. The third-order valence-corrected chi connectivity index (χ3v) is 16.6. The molecule has 0 aliphatic carbocycles. The highest BCUT2D eigenvalue weighted by molar-refractivity contribution is 5.76. The van der Waals surface area contributed by atoms with Gasteiger partial charge in [-0.25, -0.2) is 0 Å². The second-order valence-electron chi connectivity index (χ2n) is 24.3. The highest BCUT2D eigenvalue weighted by Gasteiger charge is 2.51. The van der Waals surface area contributed by atoms with Crippen LogP contribution in [0.1, 0.15) is 277 Å². The zero-order chi connectivity index (χ0) is 61.6. The van der Waals surface area contributed by atoms with E-state index in [4.69, 9.17) is 18.9 Å². The van der Waals surface area contributed by atoms with Gasteiger partial charge in [-0.1, -0.05) is 273 Å². The van der Waals surface area contributed by atoms with Crippen LogP contribution in [0.2, 0.25) is 0 Å². The molecule has 494 valence electrons. The third-order valence-electron chi connectivity index (χ3n) is 16.6. The molecule has 85 heavy (non-hydrogen) atoms. The Morgan fingerprint density at radius 2 is 0.824 bits per heavy atom. The van der Waals surface area contributed by atoms with Crippen molar-refractivity contribution in [3.05, 3.63) is 72.9 Å².